The average molecular weight is 402 g/mol. The third kappa shape index (κ3) is 4.64. The Morgan fingerprint density at radius 2 is 1.96 bits per heavy atom. The zero-order chi connectivity index (χ0) is 19.6. The van der Waals surface area contributed by atoms with Gasteiger partial charge in [-0.1, -0.05) is 50.6 Å². The summed E-state index contributed by atoms with van der Waals surface area (Å²) in [6.07, 6.45) is 1.54. The van der Waals surface area contributed by atoms with Gasteiger partial charge in [0.15, 0.2) is 5.13 Å². The highest BCUT2D eigenvalue weighted by atomic mass is 35.5. The number of anilines is 1. The summed E-state index contributed by atoms with van der Waals surface area (Å²) in [4.78, 5) is 29.2. The van der Waals surface area contributed by atoms with Gasteiger partial charge in [-0.15, -0.1) is 11.3 Å². The van der Waals surface area contributed by atoms with Crippen molar-refractivity contribution in [1.82, 2.24) is 9.55 Å². The SMILES string of the molecule is CC(C)(C)c1csc(NC(=O)c2ccc(=O)n(Cc3ccccc3Cl)c2)n1. The first-order chi connectivity index (χ1) is 12.7. The molecule has 1 aromatic carbocycles. The van der Waals surface area contributed by atoms with Crippen LogP contribution in [0.15, 0.2) is 52.8 Å². The number of hydrogen-bond donors (Lipinski definition) is 1. The molecule has 0 unspecified atom stereocenters. The Bertz CT molecular complexity index is 1030. The molecule has 1 amide bonds. The number of carbonyl (C=O) groups excluding carboxylic acids is 1. The normalized spacial score (nSPS) is 11.4. The molecule has 27 heavy (non-hydrogen) atoms. The maximum atomic E-state index is 12.6. The molecule has 1 N–H and O–H groups in total. The van der Waals surface area contributed by atoms with Crippen LogP contribution in [0.25, 0.3) is 0 Å². The fourth-order valence-corrected chi connectivity index (χ4v) is 3.57. The van der Waals surface area contributed by atoms with Gasteiger partial charge in [0.05, 0.1) is 17.8 Å². The first-order valence-corrected chi connectivity index (χ1v) is 9.71. The van der Waals surface area contributed by atoms with Crippen LogP contribution in [0, 0.1) is 0 Å². The zero-order valence-electron chi connectivity index (χ0n) is 15.3. The summed E-state index contributed by atoms with van der Waals surface area (Å²) in [5.74, 6) is -0.308. The molecule has 0 saturated heterocycles. The standard InChI is InChI=1S/C20H20ClN3O2S/c1-20(2,3)16-12-27-19(22-16)23-18(26)14-8-9-17(25)24(11-14)10-13-6-4-5-7-15(13)21/h4-9,11-12H,10H2,1-3H3,(H,22,23,26). The molecule has 5 nitrogen and oxygen atoms in total. The van der Waals surface area contributed by atoms with Gasteiger partial charge in [0, 0.05) is 28.1 Å². The van der Waals surface area contributed by atoms with Crippen molar-refractivity contribution in [3.63, 3.8) is 0 Å². The molecule has 3 aromatic rings. The molecular weight excluding hydrogens is 382 g/mol. The number of hydrogen-bond acceptors (Lipinski definition) is 4. The van der Waals surface area contributed by atoms with E-state index in [-0.39, 0.29) is 16.9 Å². The lowest BCUT2D eigenvalue weighted by atomic mass is 9.93. The molecule has 0 spiro atoms. The topological polar surface area (TPSA) is 64.0 Å². The molecule has 0 aliphatic rings. The van der Waals surface area contributed by atoms with Crippen molar-refractivity contribution in [1.29, 1.82) is 0 Å². The number of nitrogens with one attached hydrogen (secondary N) is 1. The summed E-state index contributed by atoms with van der Waals surface area (Å²) in [5.41, 5.74) is 1.84. The summed E-state index contributed by atoms with van der Waals surface area (Å²) < 4.78 is 1.47. The number of halogens is 1. The van der Waals surface area contributed by atoms with Crippen LogP contribution in [0.3, 0.4) is 0 Å². The van der Waals surface area contributed by atoms with E-state index in [1.165, 1.54) is 28.0 Å². The van der Waals surface area contributed by atoms with Crippen LogP contribution in [-0.2, 0) is 12.0 Å². The zero-order valence-corrected chi connectivity index (χ0v) is 16.9. The van der Waals surface area contributed by atoms with Crippen LogP contribution in [0.1, 0.15) is 42.4 Å². The molecule has 0 saturated carbocycles. The molecule has 140 valence electrons. The minimum atomic E-state index is -0.308. The molecule has 0 atom stereocenters. The minimum Gasteiger partial charge on any atom is -0.310 e. The van der Waals surface area contributed by atoms with Crippen LogP contribution in [-0.4, -0.2) is 15.5 Å². The lowest BCUT2D eigenvalue weighted by Crippen LogP contribution is -2.22. The Kier molecular flexibility index (Phi) is 5.48. The third-order valence-electron chi connectivity index (χ3n) is 4.04. The molecule has 0 fully saturated rings. The van der Waals surface area contributed by atoms with Crippen molar-refractivity contribution in [3.8, 4) is 0 Å². The fraction of sp³-hybridized carbons (Fsp3) is 0.250. The van der Waals surface area contributed by atoms with Gasteiger partial charge in [-0.05, 0) is 17.7 Å². The van der Waals surface area contributed by atoms with Crippen molar-refractivity contribution in [3.05, 3.63) is 80.2 Å². The van der Waals surface area contributed by atoms with Crippen LogP contribution in [0.4, 0.5) is 5.13 Å². The summed E-state index contributed by atoms with van der Waals surface area (Å²) in [6, 6.07) is 10.2. The van der Waals surface area contributed by atoms with Gasteiger partial charge in [0.25, 0.3) is 11.5 Å². The minimum absolute atomic E-state index is 0.0817. The van der Waals surface area contributed by atoms with Gasteiger partial charge in [-0.3, -0.25) is 14.9 Å². The quantitative estimate of drug-likeness (QED) is 0.697. The van der Waals surface area contributed by atoms with E-state index in [2.05, 4.69) is 31.1 Å². The van der Waals surface area contributed by atoms with Gasteiger partial charge in [0.2, 0.25) is 0 Å². The van der Waals surface area contributed by atoms with E-state index in [1.54, 1.807) is 12.3 Å². The van der Waals surface area contributed by atoms with E-state index in [0.29, 0.717) is 22.3 Å². The number of aromatic nitrogens is 2. The van der Waals surface area contributed by atoms with E-state index >= 15 is 0 Å². The lowest BCUT2D eigenvalue weighted by Gasteiger charge is -2.14. The van der Waals surface area contributed by atoms with Crippen molar-refractivity contribution in [2.45, 2.75) is 32.7 Å². The number of carbonyl (C=O) groups is 1. The summed E-state index contributed by atoms with van der Waals surface area (Å²) in [6.45, 7) is 6.50. The molecule has 2 aromatic heterocycles. The average Bonchev–Trinajstić information content (AvgIpc) is 3.07. The first kappa shape index (κ1) is 19.3. The van der Waals surface area contributed by atoms with Crippen LogP contribution < -0.4 is 10.9 Å². The van der Waals surface area contributed by atoms with Crippen molar-refractivity contribution in [2.75, 3.05) is 5.32 Å². The smallest absolute Gasteiger partial charge is 0.258 e. The molecule has 0 aliphatic heterocycles. The highest BCUT2D eigenvalue weighted by Gasteiger charge is 2.18. The lowest BCUT2D eigenvalue weighted by molar-refractivity contribution is 0.102. The van der Waals surface area contributed by atoms with E-state index < -0.39 is 0 Å². The second-order valence-electron chi connectivity index (χ2n) is 7.22. The van der Waals surface area contributed by atoms with Gasteiger partial charge in [0.1, 0.15) is 0 Å². The number of thiazole rings is 1. The molecule has 0 radical (unpaired) electrons. The Morgan fingerprint density at radius 1 is 1.22 bits per heavy atom. The molecule has 7 heteroatoms. The van der Waals surface area contributed by atoms with Crippen LogP contribution in [0.2, 0.25) is 5.02 Å². The van der Waals surface area contributed by atoms with Crippen molar-refractivity contribution < 1.29 is 4.79 Å². The number of rotatable bonds is 4. The highest BCUT2D eigenvalue weighted by molar-refractivity contribution is 7.14. The predicted molar refractivity (Wildman–Crippen MR) is 110 cm³/mol. The molecule has 2 heterocycles. The maximum absolute atomic E-state index is 12.6. The van der Waals surface area contributed by atoms with Gasteiger partial charge < -0.3 is 4.57 Å². The van der Waals surface area contributed by atoms with E-state index in [4.69, 9.17) is 11.6 Å². The van der Waals surface area contributed by atoms with Crippen molar-refractivity contribution >= 4 is 34.0 Å². The number of nitrogens with zero attached hydrogens (tertiary/aromatic N) is 2. The van der Waals surface area contributed by atoms with Crippen molar-refractivity contribution in [2.24, 2.45) is 0 Å². The molecule has 0 aliphatic carbocycles. The summed E-state index contributed by atoms with van der Waals surface area (Å²) >= 11 is 7.56. The van der Waals surface area contributed by atoms with E-state index in [9.17, 15) is 9.59 Å². The Balaban J connectivity index is 1.81. The molecule has 0 bridgehead atoms. The van der Waals surface area contributed by atoms with Crippen LogP contribution >= 0.6 is 22.9 Å². The Hall–Kier alpha value is -2.44. The second-order valence-corrected chi connectivity index (χ2v) is 8.48. The Labute approximate surface area is 166 Å². The third-order valence-corrected chi connectivity index (χ3v) is 5.16. The monoisotopic (exact) mass is 401 g/mol. The molecule has 3 rings (SSSR count). The maximum Gasteiger partial charge on any atom is 0.258 e. The molecular formula is C20H20ClN3O2S. The van der Waals surface area contributed by atoms with Gasteiger partial charge >= 0.3 is 0 Å². The van der Waals surface area contributed by atoms with Crippen LogP contribution in [0.5, 0.6) is 0 Å². The van der Waals surface area contributed by atoms with E-state index in [0.717, 1.165) is 11.3 Å². The predicted octanol–water partition coefficient (Wildman–Crippen LogP) is 4.56. The van der Waals surface area contributed by atoms with E-state index in [1.807, 2.05) is 23.6 Å². The highest BCUT2D eigenvalue weighted by Crippen LogP contribution is 2.26. The second kappa shape index (κ2) is 7.66. The Morgan fingerprint density at radius 3 is 2.63 bits per heavy atom. The van der Waals surface area contributed by atoms with Gasteiger partial charge in [-0.2, -0.15) is 0 Å². The summed E-state index contributed by atoms with van der Waals surface area (Å²) in [5, 5.41) is 5.85. The number of pyridine rings is 1. The number of benzene rings is 1. The first-order valence-electron chi connectivity index (χ1n) is 8.45. The number of amides is 1. The summed E-state index contributed by atoms with van der Waals surface area (Å²) in [7, 11) is 0. The fourth-order valence-electron chi connectivity index (χ4n) is 2.44. The van der Waals surface area contributed by atoms with Gasteiger partial charge in [-0.25, -0.2) is 4.98 Å². The largest absolute Gasteiger partial charge is 0.310 e.